The van der Waals surface area contributed by atoms with Crippen LogP contribution in [0.2, 0.25) is 0 Å². The van der Waals surface area contributed by atoms with E-state index in [1.54, 1.807) is 6.20 Å². The molecular weight excluding hydrogens is 254 g/mol. The van der Waals surface area contributed by atoms with Gasteiger partial charge in [-0.2, -0.15) is 0 Å². The highest BCUT2D eigenvalue weighted by atomic mass is 16.3. The third-order valence-corrected chi connectivity index (χ3v) is 3.13. The second-order valence-corrected chi connectivity index (χ2v) is 4.74. The number of rotatable bonds is 3. The molecule has 0 spiro atoms. The van der Waals surface area contributed by atoms with Crippen molar-refractivity contribution in [3.05, 3.63) is 59.9 Å². The molecule has 3 aromatic rings. The maximum absolute atomic E-state index is 12.2. The van der Waals surface area contributed by atoms with E-state index in [4.69, 9.17) is 4.42 Å². The molecule has 3 rings (SSSR count). The van der Waals surface area contributed by atoms with E-state index in [0.717, 1.165) is 17.2 Å². The van der Waals surface area contributed by atoms with Crippen LogP contribution in [0.15, 0.2) is 47.1 Å². The van der Waals surface area contributed by atoms with Crippen molar-refractivity contribution in [1.29, 1.82) is 0 Å². The van der Waals surface area contributed by atoms with E-state index in [-0.39, 0.29) is 11.9 Å². The number of carbonyl (C=O) groups excluding carboxylic acids is 1. The standard InChI is InChI=1S/C15H15N3O2/c1-10-6-7-13(20-10)11(2)16-15(19)12-9-18-8-4-3-5-14(18)17-12/h3-9,11H,1-2H3,(H,16,19). The Morgan fingerprint density at radius 3 is 2.90 bits per heavy atom. The van der Waals surface area contributed by atoms with Gasteiger partial charge in [-0.25, -0.2) is 4.98 Å². The van der Waals surface area contributed by atoms with E-state index >= 15 is 0 Å². The predicted octanol–water partition coefficient (Wildman–Crippen LogP) is 2.73. The largest absolute Gasteiger partial charge is 0.464 e. The number of amides is 1. The summed E-state index contributed by atoms with van der Waals surface area (Å²) in [6.07, 6.45) is 3.57. The van der Waals surface area contributed by atoms with Crippen LogP contribution in [-0.2, 0) is 0 Å². The first-order valence-electron chi connectivity index (χ1n) is 6.44. The quantitative estimate of drug-likeness (QED) is 0.795. The van der Waals surface area contributed by atoms with Gasteiger partial charge in [0.1, 0.15) is 22.9 Å². The van der Waals surface area contributed by atoms with E-state index in [1.807, 2.05) is 54.8 Å². The summed E-state index contributed by atoms with van der Waals surface area (Å²) in [6, 6.07) is 9.19. The second-order valence-electron chi connectivity index (χ2n) is 4.74. The summed E-state index contributed by atoms with van der Waals surface area (Å²) in [5.74, 6) is 1.35. The third-order valence-electron chi connectivity index (χ3n) is 3.13. The molecule has 0 bridgehead atoms. The Labute approximate surface area is 116 Å². The SMILES string of the molecule is Cc1ccc(C(C)NC(=O)c2cn3ccccc3n2)o1. The molecule has 0 aliphatic carbocycles. The van der Waals surface area contributed by atoms with Crippen LogP contribution in [0.5, 0.6) is 0 Å². The molecule has 5 heteroatoms. The van der Waals surface area contributed by atoms with Crippen molar-refractivity contribution in [1.82, 2.24) is 14.7 Å². The minimum atomic E-state index is -0.213. The summed E-state index contributed by atoms with van der Waals surface area (Å²) in [4.78, 5) is 16.5. The lowest BCUT2D eigenvalue weighted by Crippen LogP contribution is -2.26. The summed E-state index contributed by atoms with van der Waals surface area (Å²) in [5.41, 5.74) is 1.14. The molecule has 3 aromatic heterocycles. The number of carbonyl (C=O) groups is 1. The van der Waals surface area contributed by atoms with Gasteiger partial charge < -0.3 is 14.1 Å². The van der Waals surface area contributed by atoms with Gasteiger partial charge in [-0.05, 0) is 38.1 Å². The average molecular weight is 269 g/mol. The molecule has 1 unspecified atom stereocenters. The van der Waals surface area contributed by atoms with Crippen molar-refractivity contribution < 1.29 is 9.21 Å². The Bertz CT molecular complexity index is 724. The van der Waals surface area contributed by atoms with Crippen LogP contribution in [0.3, 0.4) is 0 Å². The fraction of sp³-hybridized carbons (Fsp3) is 0.200. The number of nitrogens with one attached hydrogen (secondary N) is 1. The van der Waals surface area contributed by atoms with Crippen LogP contribution < -0.4 is 5.32 Å². The number of furan rings is 1. The zero-order valence-electron chi connectivity index (χ0n) is 11.3. The van der Waals surface area contributed by atoms with Gasteiger partial charge in [-0.1, -0.05) is 6.07 Å². The number of nitrogens with zero attached hydrogens (tertiary/aromatic N) is 2. The van der Waals surface area contributed by atoms with Gasteiger partial charge in [0.2, 0.25) is 0 Å². The number of aryl methyl sites for hydroxylation is 1. The number of aromatic nitrogens is 2. The van der Waals surface area contributed by atoms with Crippen molar-refractivity contribution in [2.24, 2.45) is 0 Å². The molecule has 0 aliphatic heterocycles. The number of pyridine rings is 1. The molecule has 3 heterocycles. The Balaban J connectivity index is 1.78. The topological polar surface area (TPSA) is 59.5 Å². The van der Waals surface area contributed by atoms with E-state index in [1.165, 1.54) is 0 Å². The second kappa shape index (κ2) is 4.85. The minimum Gasteiger partial charge on any atom is -0.464 e. The predicted molar refractivity (Wildman–Crippen MR) is 74.5 cm³/mol. The average Bonchev–Trinajstić information content (AvgIpc) is 3.04. The van der Waals surface area contributed by atoms with Crippen molar-refractivity contribution in [2.45, 2.75) is 19.9 Å². The normalized spacial score (nSPS) is 12.5. The third kappa shape index (κ3) is 2.30. The smallest absolute Gasteiger partial charge is 0.272 e. The van der Waals surface area contributed by atoms with Gasteiger partial charge in [0, 0.05) is 12.4 Å². The molecule has 5 nitrogen and oxygen atoms in total. The molecule has 1 N–H and O–H groups in total. The summed E-state index contributed by atoms with van der Waals surface area (Å²) < 4.78 is 7.32. The van der Waals surface area contributed by atoms with Crippen LogP contribution in [-0.4, -0.2) is 15.3 Å². The van der Waals surface area contributed by atoms with E-state index < -0.39 is 0 Å². The van der Waals surface area contributed by atoms with Crippen molar-refractivity contribution >= 4 is 11.6 Å². The Morgan fingerprint density at radius 2 is 2.20 bits per heavy atom. The molecule has 0 radical (unpaired) electrons. The molecule has 20 heavy (non-hydrogen) atoms. The van der Waals surface area contributed by atoms with Crippen molar-refractivity contribution in [3.8, 4) is 0 Å². The molecule has 0 fully saturated rings. The first kappa shape index (κ1) is 12.5. The molecule has 0 aliphatic rings. The van der Waals surface area contributed by atoms with Crippen LogP contribution in [0.4, 0.5) is 0 Å². The van der Waals surface area contributed by atoms with Crippen LogP contribution in [0.25, 0.3) is 5.65 Å². The van der Waals surface area contributed by atoms with Crippen LogP contribution in [0.1, 0.15) is 35.0 Å². The Hall–Kier alpha value is -2.56. The minimum absolute atomic E-state index is 0.194. The zero-order valence-corrected chi connectivity index (χ0v) is 11.3. The number of fused-ring (bicyclic) bond motifs is 1. The van der Waals surface area contributed by atoms with E-state index in [2.05, 4.69) is 10.3 Å². The van der Waals surface area contributed by atoms with Crippen LogP contribution in [0, 0.1) is 6.92 Å². The summed E-state index contributed by atoms with van der Waals surface area (Å²) >= 11 is 0. The molecule has 1 amide bonds. The van der Waals surface area contributed by atoms with E-state index in [9.17, 15) is 4.79 Å². The Kier molecular flexibility index (Phi) is 3.02. The van der Waals surface area contributed by atoms with Gasteiger partial charge in [0.15, 0.2) is 0 Å². The van der Waals surface area contributed by atoms with Gasteiger partial charge in [0.25, 0.3) is 5.91 Å². The zero-order chi connectivity index (χ0) is 14.1. The molecule has 102 valence electrons. The lowest BCUT2D eigenvalue weighted by molar-refractivity contribution is 0.0930. The molecular formula is C15H15N3O2. The summed E-state index contributed by atoms with van der Waals surface area (Å²) in [5, 5.41) is 2.88. The lowest BCUT2D eigenvalue weighted by Gasteiger charge is -2.09. The summed E-state index contributed by atoms with van der Waals surface area (Å²) in [7, 11) is 0. The molecule has 1 atom stereocenters. The summed E-state index contributed by atoms with van der Waals surface area (Å²) in [6.45, 7) is 3.76. The Morgan fingerprint density at radius 1 is 1.35 bits per heavy atom. The molecule has 0 aromatic carbocycles. The van der Waals surface area contributed by atoms with Gasteiger partial charge in [0.05, 0.1) is 6.04 Å². The first-order chi connectivity index (χ1) is 9.63. The highest BCUT2D eigenvalue weighted by Crippen LogP contribution is 2.16. The molecule has 0 saturated heterocycles. The molecule has 0 saturated carbocycles. The maximum Gasteiger partial charge on any atom is 0.272 e. The first-order valence-corrected chi connectivity index (χ1v) is 6.44. The number of hydrogen-bond donors (Lipinski definition) is 1. The van der Waals surface area contributed by atoms with Gasteiger partial charge in [-0.15, -0.1) is 0 Å². The van der Waals surface area contributed by atoms with Crippen molar-refractivity contribution in [3.63, 3.8) is 0 Å². The van der Waals surface area contributed by atoms with Gasteiger partial charge >= 0.3 is 0 Å². The highest BCUT2D eigenvalue weighted by Gasteiger charge is 2.16. The fourth-order valence-electron chi connectivity index (χ4n) is 2.07. The lowest BCUT2D eigenvalue weighted by atomic mass is 10.2. The fourth-order valence-corrected chi connectivity index (χ4v) is 2.07. The monoisotopic (exact) mass is 269 g/mol. The van der Waals surface area contributed by atoms with Crippen LogP contribution >= 0.6 is 0 Å². The maximum atomic E-state index is 12.2. The highest BCUT2D eigenvalue weighted by molar-refractivity contribution is 5.93. The van der Waals surface area contributed by atoms with E-state index in [0.29, 0.717) is 5.69 Å². The van der Waals surface area contributed by atoms with Gasteiger partial charge in [-0.3, -0.25) is 4.79 Å². The number of hydrogen-bond acceptors (Lipinski definition) is 3. The number of imidazole rings is 1. The van der Waals surface area contributed by atoms with Crippen molar-refractivity contribution in [2.75, 3.05) is 0 Å².